The van der Waals surface area contributed by atoms with E-state index in [4.69, 9.17) is 0 Å². The minimum atomic E-state index is -0.928. The van der Waals surface area contributed by atoms with E-state index >= 15 is 0 Å². The fourth-order valence-corrected chi connectivity index (χ4v) is 2.14. The van der Waals surface area contributed by atoms with E-state index in [1.165, 1.54) is 4.68 Å². The summed E-state index contributed by atoms with van der Waals surface area (Å²) in [5.41, 5.74) is 0.423. The van der Waals surface area contributed by atoms with Crippen molar-refractivity contribution in [3.05, 3.63) is 53.1 Å². The van der Waals surface area contributed by atoms with Gasteiger partial charge in [-0.1, -0.05) is 6.92 Å². The Bertz CT molecular complexity index is 572. The van der Waals surface area contributed by atoms with Crippen LogP contribution in [0.4, 0.5) is 13.2 Å². The van der Waals surface area contributed by atoms with Crippen LogP contribution in [0.3, 0.4) is 0 Å². The number of halogens is 3. The molecule has 108 valence electrons. The maximum Gasteiger partial charge on any atom is 0.134 e. The second-order valence-electron chi connectivity index (χ2n) is 4.55. The summed E-state index contributed by atoms with van der Waals surface area (Å²) < 4.78 is 42.5. The van der Waals surface area contributed by atoms with E-state index in [9.17, 15) is 13.2 Å². The van der Waals surface area contributed by atoms with Crippen LogP contribution in [0.1, 0.15) is 30.6 Å². The lowest BCUT2D eigenvalue weighted by molar-refractivity contribution is 0.473. The van der Waals surface area contributed by atoms with Gasteiger partial charge in [-0.2, -0.15) is 5.10 Å². The number of nitrogens with zero attached hydrogens (tertiary/aromatic N) is 2. The van der Waals surface area contributed by atoms with Crippen LogP contribution in [0.5, 0.6) is 0 Å². The molecule has 1 aromatic heterocycles. The summed E-state index contributed by atoms with van der Waals surface area (Å²) in [6, 6.07) is 2.35. The predicted molar refractivity (Wildman–Crippen MR) is 69.7 cm³/mol. The Labute approximate surface area is 115 Å². The molecule has 0 aliphatic carbocycles. The summed E-state index contributed by atoms with van der Waals surface area (Å²) in [4.78, 5) is 0. The van der Waals surface area contributed by atoms with Crippen LogP contribution < -0.4 is 5.32 Å². The van der Waals surface area contributed by atoms with Gasteiger partial charge in [-0.25, -0.2) is 13.2 Å². The Morgan fingerprint density at radius 3 is 2.40 bits per heavy atom. The smallest absolute Gasteiger partial charge is 0.134 e. The molecule has 0 saturated carbocycles. The van der Waals surface area contributed by atoms with Crippen molar-refractivity contribution >= 4 is 0 Å². The summed E-state index contributed by atoms with van der Waals surface area (Å²) >= 11 is 0. The summed E-state index contributed by atoms with van der Waals surface area (Å²) in [5.74, 6) is -2.74. The van der Waals surface area contributed by atoms with E-state index in [1.807, 2.05) is 6.92 Å². The van der Waals surface area contributed by atoms with Gasteiger partial charge >= 0.3 is 0 Å². The molecule has 0 saturated heterocycles. The highest BCUT2D eigenvalue weighted by molar-refractivity contribution is 5.31. The first-order valence-electron chi connectivity index (χ1n) is 6.40. The molecule has 0 aliphatic rings. The summed E-state index contributed by atoms with van der Waals surface area (Å²) in [6.45, 7) is 2.52. The molecule has 3 nitrogen and oxygen atoms in total. The van der Waals surface area contributed by atoms with Gasteiger partial charge in [-0.15, -0.1) is 0 Å². The van der Waals surface area contributed by atoms with Crippen molar-refractivity contribution in [2.24, 2.45) is 7.05 Å². The zero-order valence-corrected chi connectivity index (χ0v) is 11.3. The average Bonchev–Trinajstić information content (AvgIpc) is 2.78. The van der Waals surface area contributed by atoms with Crippen LogP contribution in [0, 0.1) is 17.5 Å². The zero-order valence-electron chi connectivity index (χ0n) is 11.3. The molecule has 0 spiro atoms. The van der Waals surface area contributed by atoms with Crippen LogP contribution in [0.25, 0.3) is 0 Å². The van der Waals surface area contributed by atoms with Crippen molar-refractivity contribution in [2.45, 2.75) is 19.4 Å². The first kappa shape index (κ1) is 14.6. The normalized spacial score (nSPS) is 12.7. The van der Waals surface area contributed by atoms with Gasteiger partial charge in [0.25, 0.3) is 0 Å². The Balaban J connectivity index is 2.50. The van der Waals surface area contributed by atoms with Crippen LogP contribution >= 0.6 is 0 Å². The van der Waals surface area contributed by atoms with Gasteiger partial charge in [0.1, 0.15) is 17.5 Å². The molecule has 0 fully saturated rings. The molecule has 1 atom stereocenters. The molecule has 0 amide bonds. The van der Waals surface area contributed by atoms with Gasteiger partial charge in [0.05, 0.1) is 11.7 Å². The van der Waals surface area contributed by atoms with Crippen molar-refractivity contribution in [3.63, 3.8) is 0 Å². The molecule has 1 N–H and O–H groups in total. The van der Waals surface area contributed by atoms with Gasteiger partial charge in [0.2, 0.25) is 0 Å². The topological polar surface area (TPSA) is 29.9 Å². The molecular weight excluding hydrogens is 267 g/mol. The largest absolute Gasteiger partial charge is 0.305 e. The number of aryl methyl sites for hydroxylation is 1. The monoisotopic (exact) mass is 283 g/mol. The molecule has 0 bridgehead atoms. The lowest BCUT2D eigenvalue weighted by Crippen LogP contribution is -2.27. The molecule has 0 aliphatic heterocycles. The van der Waals surface area contributed by atoms with Crippen molar-refractivity contribution in [3.8, 4) is 0 Å². The van der Waals surface area contributed by atoms with Crippen molar-refractivity contribution < 1.29 is 13.2 Å². The van der Waals surface area contributed by atoms with Crippen LogP contribution in [-0.4, -0.2) is 16.3 Å². The second-order valence-corrected chi connectivity index (χ2v) is 4.55. The number of rotatable bonds is 5. The Kier molecular flexibility index (Phi) is 4.44. The quantitative estimate of drug-likeness (QED) is 0.914. The van der Waals surface area contributed by atoms with E-state index in [0.29, 0.717) is 24.4 Å². The molecule has 0 radical (unpaired) electrons. The minimum Gasteiger partial charge on any atom is -0.305 e. The molecule has 2 aromatic rings. The second kappa shape index (κ2) is 6.09. The van der Waals surface area contributed by atoms with Crippen molar-refractivity contribution in [1.29, 1.82) is 0 Å². The van der Waals surface area contributed by atoms with E-state index in [-0.39, 0.29) is 5.56 Å². The van der Waals surface area contributed by atoms with E-state index < -0.39 is 23.5 Å². The number of hydrogen-bond acceptors (Lipinski definition) is 2. The van der Waals surface area contributed by atoms with E-state index in [2.05, 4.69) is 10.4 Å². The highest BCUT2D eigenvalue weighted by Crippen LogP contribution is 2.27. The van der Waals surface area contributed by atoms with Crippen LogP contribution in [-0.2, 0) is 7.05 Å². The third-order valence-corrected chi connectivity index (χ3v) is 3.09. The number of benzene rings is 1. The molecular formula is C14H16F3N3. The van der Waals surface area contributed by atoms with Gasteiger partial charge in [-0.3, -0.25) is 4.68 Å². The Hall–Kier alpha value is -1.82. The maximum absolute atomic E-state index is 14.0. The lowest BCUT2D eigenvalue weighted by atomic mass is 10.0. The fraction of sp³-hybridized carbons (Fsp3) is 0.357. The zero-order chi connectivity index (χ0) is 14.7. The Morgan fingerprint density at radius 1 is 1.25 bits per heavy atom. The number of hydrogen-bond donors (Lipinski definition) is 1. The average molecular weight is 283 g/mol. The summed E-state index contributed by atoms with van der Waals surface area (Å²) in [6.07, 6.45) is 2.36. The Morgan fingerprint density at radius 2 is 1.90 bits per heavy atom. The first-order chi connectivity index (χ1) is 9.54. The van der Waals surface area contributed by atoms with Gasteiger partial charge in [-0.05, 0) is 19.0 Å². The first-order valence-corrected chi connectivity index (χ1v) is 6.40. The van der Waals surface area contributed by atoms with Gasteiger partial charge in [0.15, 0.2) is 0 Å². The lowest BCUT2D eigenvalue weighted by Gasteiger charge is -2.20. The fourth-order valence-electron chi connectivity index (χ4n) is 2.14. The maximum atomic E-state index is 14.0. The number of nitrogens with one attached hydrogen (secondary N) is 1. The van der Waals surface area contributed by atoms with E-state index in [1.54, 1.807) is 19.3 Å². The highest BCUT2D eigenvalue weighted by atomic mass is 19.1. The number of aromatic nitrogens is 2. The summed E-state index contributed by atoms with van der Waals surface area (Å²) in [5, 5.41) is 7.07. The molecule has 6 heteroatoms. The predicted octanol–water partition coefficient (Wildman–Crippen LogP) is 2.93. The van der Waals surface area contributed by atoms with Gasteiger partial charge < -0.3 is 5.32 Å². The molecule has 1 unspecified atom stereocenters. The molecule has 1 aromatic carbocycles. The third kappa shape index (κ3) is 2.85. The minimum absolute atomic E-state index is 0.191. The molecule has 20 heavy (non-hydrogen) atoms. The van der Waals surface area contributed by atoms with Crippen LogP contribution in [0.15, 0.2) is 24.4 Å². The summed E-state index contributed by atoms with van der Waals surface area (Å²) in [7, 11) is 1.69. The molecule has 1 heterocycles. The molecule has 2 rings (SSSR count). The van der Waals surface area contributed by atoms with E-state index in [0.717, 1.165) is 6.42 Å². The van der Waals surface area contributed by atoms with Crippen LogP contribution in [0.2, 0.25) is 0 Å². The van der Waals surface area contributed by atoms with Crippen molar-refractivity contribution in [2.75, 3.05) is 6.54 Å². The van der Waals surface area contributed by atoms with Crippen molar-refractivity contribution in [1.82, 2.24) is 15.1 Å². The highest BCUT2D eigenvalue weighted by Gasteiger charge is 2.24. The van der Waals surface area contributed by atoms with Gasteiger partial charge in [0, 0.05) is 30.9 Å². The standard InChI is InChI=1S/C14H16F3N3/c1-3-5-18-14(12-4-6-19-20(12)2)13-10(16)7-9(15)8-11(13)17/h4,6-8,14,18H,3,5H2,1-2H3. The SMILES string of the molecule is CCCNC(c1c(F)cc(F)cc1F)c1ccnn1C. The third-order valence-electron chi connectivity index (χ3n) is 3.09.